The molecule has 2 rings (SSSR count). The Labute approximate surface area is 122 Å². The molecule has 0 spiro atoms. The fourth-order valence-electron chi connectivity index (χ4n) is 1.56. The van der Waals surface area contributed by atoms with E-state index in [1.54, 1.807) is 0 Å². The van der Waals surface area contributed by atoms with Crippen LogP contribution in [0, 0.1) is 15.9 Å². The van der Waals surface area contributed by atoms with Gasteiger partial charge >= 0.3 is 5.69 Å². The molecule has 19 heavy (non-hydrogen) atoms. The third kappa shape index (κ3) is 2.81. The summed E-state index contributed by atoms with van der Waals surface area (Å²) in [5.74, 6) is -0.926. The van der Waals surface area contributed by atoms with Gasteiger partial charge in [0.25, 0.3) is 0 Å². The van der Waals surface area contributed by atoms with Gasteiger partial charge in [0.05, 0.1) is 20.0 Å². The van der Waals surface area contributed by atoms with E-state index < -0.39 is 16.4 Å². The zero-order valence-corrected chi connectivity index (χ0v) is 11.4. The molecule has 0 amide bonds. The number of hydrogen-bond acceptors (Lipinski definition) is 2. The van der Waals surface area contributed by atoms with Gasteiger partial charge in [0.1, 0.15) is 0 Å². The summed E-state index contributed by atoms with van der Waals surface area (Å²) in [5, 5.41) is 11.2. The number of benzene rings is 2. The molecule has 0 atom stereocenters. The van der Waals surface area contributed by atoms with Crippen molar-refractivity contribution >= 4 is 40.5 Å². The molecule has 0 unspecified atom stereocenters. The zero-order valence-electron chi connectivity index (χ0n) is 9.16. The number of nitro benzene ring substituents is 1. The second-order valence-electron chi connectivity index (χ2n) is 3.68. The lowest BCUT2D eigenvalue weighted by atomic mass is 10.1. The molecule has 0 fully saturated rings. The summed E-state index contributed by atoms with van der Waals surface area (Å²) in [7, 11) is 0. The zero-order chi connectivity index (χ0) is 14.2. The second-order valence-corrected chi connectivity index (χ2v) is 4.87. The van der Waals surface area contributed by atoms with Crippen molar-refractivity contribution in [2.75, 3.05) is 0 Å². The van der Waals surface area contributed by atoms with Gasteiger partial charge in [-0.25, -0.2) is 0 Å². The quantitative estimate of drug-likeness (QED) is 0.424. The van der Waals surface area contributed by atoms with Crippen molar-refractivity contribution in [2.24, 2.45) is 0 Å². The molecule has 0 aliphatic heterocycles. The predicted molar refractivity (Wildman–Crippen MR) is 73.5 cm³/mol. The average molecular weight is 321 g/mol. The Morgan fingerprint density at radius 3 is 2.05 bits per heavy atom. The van der Waals surface area contributed by atoms with Crippen molar-refractivity contribution in [1.29, 1.82) is 0 Å². The van der Waals surface area contributed by atoms with Gasteiger partial charge in [-0.15, -0.1) is 0 Å². The first-order valence-corrected chi connectivity index (χ1v) is 6.12. The molecule has 0 aliphatic carbocycles. The maximum Gasteiger partial charge on any atom is 0.304 e. The summed E-state index contributed by atoms with van der Waals surface area (Å²) in [4.78, 5) is 9.74. The van der Waals surface area contributed by atoms with Gasteiger partial charge in [-0.3, -0.25) is 10.1 Å². The van der Waals surface area contributed by atoms with E-state index in [1.165, 1.54) is 18.2 Å². The van der Waals surface area contributed by atoms with Crippen LogP contribution in [-0.2, 0) is 0 Å². The Balaban J connectivity index is 2.54. The Kier molecular flexibility index (Phi) is 3.94. The Morgan fingerprint density at radius 1 is 1.00 bits per heavy atom. The minimum atomic E-state index is -0.926. The van der Waals surface area contributed by atoms with Crippen molar-refractivity contribution in [3.63, 3.8) is 0 Å². The van der Waals surface area contributed by atoms with Gasteiger partial charge in [-0.05, 0) is 35.4 Å². The first kappa shape index (κ1) is 14.1. The SMILES string of the molecule is O=[N+]([O-])c1ccc(-c2cc(Cl)c(Cl)c(Cl)c2)cc1F. The Hall–Kier alpha value is -1.36. The smallest absolute Gasteiger partial charge is 0.258 e. The van der Waals surface area contributed by atoms with Gasteiger partial charge in [0, 0.05) is 6.07 Å². The second kappa shape index (κ2) is 5.33. The van der Waals surface area contributed by atoms with Crippen LogP contribution in [0.5, 0.6) is 0 Å². The highest BCUT2D eigenvalue weighted by Crippen LogP contribution is 2.35. The molecule has 7 heteroatoms. The van der Waals surface area contributed by atoms with E-state index in [0.29, 0.717) is 11.1 Å². The van der Waals surface area contributed by atoms with Gasteiger partial charge in [-0.1, -0.05) is 34.8 Å². The average Bonchev–Trinajstić information content (AvgIpc) is 2.34. The molecule has 0 heterocycles. The van der Waals surface area contributed by atoms with Crippen molar-refractivity contribution < 1.29 is 9.31 Å². The van der Waals surface area contributed by atoms with E-state index in [9.17, 15) is 14.5 Å². The van der Waals surface area contributed by atoms with Crippen LogP contribution in [0.15, 0.2) is 30.3 Å². The molecule has 0 saturated carbocycles. The minimum Gasteiger partial charge on any atom is -0.258 e. The fraction of sp³-hybridized carbons (Fsp3) is 0. The van der Waals surface area contributed by atoms with E-state index in [2.05, 4.69) is 0 Å². The van der Waals surface area contributed by atoms with Crippen LogP contribution in [0.4, 0.5) is 10.1 Å². The molecule has 0 bridgehead atoms. The number of halogens is 4. The molecule has 2 aromatic carbocycles. The standard InChI is InChI=1S/C12H5Cl3FNO2/c13-8-3-7(4-9(14)12(8)15)6-1-2-11(17(18)19)10(16)5-6/h1-5H. The molecule has 0 saturated heterocycles. The molecule has 0 aliphatic rings. The molecule has 0 radical (unpaired) electrons. The van der Waals surface area contributed by atoms with Crippen molar-refractivity contribution in [3.05, 3.63) is 61.3 Å². The third-order valence-corrected chi connectivity index (χ3v) is 3.66. The highest BCUT2D eigenvalue weighted by atomic mass is 35.5. The van der Waals surface area contributed by atoms with Gasteiger partial charge in [0.2, 0.25) is 5.82 Å². The van der Waals surface area contributed by atoms with E-state index in [4.69, 9.17) is 34.8 Å². The van der Waals surface area contributed by atoms with Crippen LogP contribution < -0.4 is 0 Å². The minimum absolute atomic E-state index is 0.203. The van der Waals surface area contributed by atoms with E-state index >= 15 is 0 Å². The molecular formula is C12H5Cl3FNO2. The third-order valence-electron chi connectivity index (χ3n) is 2.46. The van der Waals surface area contributed by atoms with Crippen LogP contribution in [0.3, 0.4) is 0 Å². The summed E-state index contributed by atoms with van der Waals surface area (Å²) >= 11 is 17.6. The number of nitrogens with zero attached hydrogens (tertiary/aromatic N) is 1. The number of nitro groups is 1. The normalized spacial score (nSPS) is 10.5. The predicted octanol–water partition coefficient (Wildman–Crippen LogP) is 5.36. The summed E-state index contributed by atoms with van der Waals surface area (Å²) in [6.07, 6.45) is 0. The fourth-order valence-corrected chi connectivity index (χ4v) is 2.15. The maximum absolute atomic E-state index is 13.5. The largest absolute Gasteiger partial charge is 0.304 e. The summed E-state index contributed by atoms with van der Waals surface area (Å²) in [6, 6.07) is 6.57. The molecule has 98 valence electrons. The topological polar surface area (TPSA) is 43.1 Å². The van der Waals surface area contributed by atoms with Crippen molar-refractivity contribution in [3.8, 4) is 11.1 Å². The summed E-state index contributed by atoms with van der Waals surface area (Å²) in [5.41, 5.74) is 0.353. The Bertz CT molecular complexity index is 653. The van der Waals surface area contributed by atoms with Crippen LogP contribution >= 0.6 is 34.8 Å². The van der Waals surface area contributed by atoms with E-state index in [0.717, 1.165) is 12.1 Å². The summed E-state index contributed by atoms with van der Waals surface area (Å²) in [6.45, 7) is 0. The first-order valence-electron chi connectivity index (χ1n) is 4.99. The number of rotatable bonds is 2. The maximum atomic E-state index is 13.5. The van der Waals surface area contributed by atoms with E-state index in [1.807, 2.05) is 0 Å². The molecule has 0 aromatic heterocycles. The van der Waals surface area contributed by atoms with Crippen molar-refractivity contribution in [1.82, 2.24) is 0 Å². The van der Waals surface area contributed by atoms with Gasteiger partial charge < -0.3 is 0 Å². The summed E-state index contributed by atoms with van der Waals surface area (Å²) < 4.78 is 13.5. The molecule has 0 N–H and O–H groups in total. The van der Waals surface area contributed by atoms with Crippen LogP contribution in [0.2, 0.25) is 15.1 Å². The van der Waals surface area contributed by atoms with Gasteiger partial charge in [0.15, 0.2) is 0 Å². The van der Waals surface area contributed by atoms with Crippen LogP contribution in [-0.4, -0.2) is 4.92 Å². The first-order chi connectivity index (χ1) is 8.90. The van der Waals surface area contributed by atoms with Gasteiger partial charge in [-0.2, -0.15) is 4.39 Å². The lowest BCUT2D eigenvalue weighted by Crippen LogP contribution is -1.92. The lowest BCUT2D eigenvalue weighted by molar-refractivity contribution is -0.387. The van der Waals surface area contributed by atoms with Crippen molar-refractivity contribution in [2.45, 2.75) is 0 Å². The van der Waals surface area contributed by atoms with Crippen LogP contribution in [0.25, 0.3) is 11.1 Å². The highest BCUT2D eigenvalue weighted by molar-refractivity contribution is 6.48. The molecule has 3 nitrogen and oxygen atoms in total. The monoisotopic (exact) mass is 319 g/mol. The lowest BCUT2D eigenvalue weighted by Gasteiger charge is -2.06. The highest BCUT2D eigenvalue weighted by Gasteiger charge is 2.15. The Morgan fingerprint density at radius 2 is 1.58 bits per heavy atom. The molecule has 2 aromatic rings. The number of hydrogen-bond donors (Lipinski definition) is 0. The van der Waals surface area contributed by atoms with Crippen LogP contribution in [0.1, 0.15) is 0 Å². The molecular weight excluding hydrogens is 315 g/mol. The van der Waals surface area contributed by atoms with E-state index in [-0.39, 0.29) is 15.1 Å².